The largest absolute Gasteiger partial charge is 0.491 e. The van der Waals surface area contributed by atoms with Gasteiger partial charge in [0.2, 0.25) is 0 Å². The van der Waals surface area contributed by atoms with Gasteiger partial charge in [-0.15, -0.1) is 0 Å². The molecular formula is C14H18O3. The van der Waals surface area contributed by atoms with Crippen molar-refractivity contribution < 1.29 is 14.3 Å². The van der Waals surface area contributed by atoms with Crippen molar-refractivity contribution in [2.75, 3.05) is 0 Å². The molecule has 1 aromatic carbocycles. The molecule has 1 atom stereocenters. The lowest BCUT2D eigenvalue weighted by atomic mass is 9.93. The smallest absolute Gasteiger partial charge is 0.306 e. The fourth-order valence-corrected chi connectivity index (χ4v) is 2.06. The lowest BCUT2D eigenvalue weighted by molar-refractivity contribution is -0.147. The second kappa shape index (κ2) is 4.40. The fraction of sp³-hybridized carbons (Fsp3) is 0.500. The molecule has 0 amide bonds. The molecule has 92 valence electrons. The first kappa shape index (κ1) is 12.0. The number of hydrogen-bond donors (Lipinski definition) is 0. The lowest BCUT2D eigenvalue weighted by Crippen LogP contribution is -2.20. The molecule has 3 heteroatoms. The van der Waals surface area contributed by atoms with Crippen molar-refractivity contribution in [3.63, 3.8) is 0 Å². The first-order chi connectivity index (χ1) is 7.99. The maximum Gasteiger partial charge on any atom is 0.306 e. The van der Waals surface area contributed by atoms with Crippen LogP contribution < -0.4 is 4.74 Å². The summed E-state index contributed by atoms with van der Waals surface area (Å²) in [6, 6.07) is 7.78. The molecule has 2 rings (SSSR count). The Kier molecular flexibility index (Phi) is 3.09. The number of benzene rings is 1. The Morgan fingerprint density at radius 3 is 2.41 bits per heavy atom. The Morgan fingerprint density at radius 1 is 1.29 bits per heavy atom. The van der Waals surface area contributed by atoms with Crippen LogP contribution in [0.15, 0.2) is 24.3 Å². The van der Waals surface area contributed by atoms with E-state index in [2.05, 4.69) is 0 Å². The van der Waals surface area contributed by atoms with E-state index in [1.165, 1.54) is 0 Å². The van der Waals surface area contributed by atoms with Gasteiger partial charge in [0, 0.05) is 12.8 Å². The highest BCUT2D eigenvalue weighted by atomic mass is 16.6. The van der Waals surface area contributed by atoms with Gasteiger partial charge >= 0.3 is 5.97 Å². The molecule has 3 nitrogen and oxygen atoms in total. The maximum atomic E-state index is 11.2. The molecule has 17 heavy (non-hydrogen) atoms. The van der Waals surface area contributed by atoms with Crippen LogP contribution in [0.3, 0.4) is 0 Å². The third-order valence-electron chi connectivity index (χ3n) is 2.98. The number of hydrogen-bond acceptors (Lipinski definition) is 3. The molecule has 0 bridgehead atoms. The molecular weight excluding hydrogens is 216 g/mol. The molecule has 1 aliphatic rings. The summed E-state index contributed by atoms with van der Waals surface area (Å²) >= 11 is 0. The summed E-state index contributed by atoms with van der Waals surface area (Å²) in [4.78, 5) is 11.2. The van der Waals surface area contributed by atoms with E-state index < -0.39 is 5.60 Å². The maximum absolute atomic E-state index is 11.2. The van der Waals surface area contributed by atoms with Gasteiger partial charge in [-0.05, 0) is 38.5 Å². The predicted octanol–water partition coefficient (Wildman–Crippen LogP) is 3.03. The third kappa shape index (κ3) is 2.60. The van der Waals surface area contributed by atoms with Gasteiger partial charge in [0.15, 0.2) is 0 Å². The van der Waals surface area contributed by atoms with Crippen molar-refractivity contribution in [2.45, 2.75) is 45.3 Å². The van der Waals surface area contributed by atoms with Crippen LogP contribution >= 0.6 is 0 Å². The highest BCUT2D eigenvalue weighted by Crippen LogP contribution is 2.36. The molecule has 1 aliphatic heterocycles. The van der Waals surface area contributed by atoms with E-state index in [4.69, 9.17) is 9.47 Å². The van der Waals surface area contributed by atoms with E-state index in [0.717, 1.165) is 17.7 Å². The van der Waals surface area contributed by atoms with E-state index in [9.17, 15) is 4.79 Å². The van der Waals surface area contributed by atoms with Gasteiger partial charge in [-0.2, -0.15) is 0 Å². The number of cyclic esters (lactones) is 1. The summed E-state index contributed by atoms with van der Waals surface area (Å²) in [5.74, 6) is 0.728. The molecule has 1 heterocycles. The first-order valence-corrected chi connectivity index (χ1v) is 5.99. The zero-order valence-corrected chi connectivity index (χ0v) is 10.5. The number of carbonyl (C=O) groups is 1. The summed E-state index contributed by atoms with van der Waals surface area (Å²) in [6.45, 7) is 5.94. The van der Waals surface area contributed by atoms with Crippen molar-refractivity contribution in [1.29, 1.82) is 0 Å². The van der Waals surface area contributed by atoms with Crippen LogP contribution in [0, 0.1) is 0 Å². The van der Waals surface area contributed by atoms with Crippen LogP contribution in [0.25, 0.3) is 0 Å². The monoisotopic (exact) mass is 234 g/mol. The van der Waals surface area contributed by atoms with Crippen molar-refractivity contribution in [3.8, 4) is 5.75 Å². The second-order valence-electron chi connectivity index (χ2n) is 4.90. The normalized spacial score (nSPS) is 23.9. The van der Waals surface area contributed by atoms with Crippen molar-refractivity contribution in [3.05, 3.63) is 29.8 Å². The highest BCUT2D eigenvalue weighted by molar-refractivity contribution is 5.72. The van der Waals surface area contributed by atoms with Gasteiger partial charge in [-0.1, -0.05) is 12.1 Å². The molecule has 0 radical (unpaired) electrons. The molecule has 1 aromatic rings. The summed E-state index contributed by atoms with van der Waals surface area (Å²) in [6.07, 6.45) is 1.41. The van der Waals surface area contributed by atoms with Gasteiger partial charge in [0.25, 0.3) is 0 Å². The number of esters is 1. The summed E-state index contributed by atoms with van der Waals surface area (Å²) in [7, 11) is 0. The Labute approximate surface area is 102 Å². The molecule has 0 aromatic heterocycles. The molecule has 0 saturated carbocycles. The number of ether oxygens (including phenoxy) is 2. The minimum absolute atomic E-state index is 0.116. The van der Waals surface area contributed by atoms with E-state index in [1.807, 2.05) is 45.0 Å². The fourth-order valence-electron chi connectivity index (χ4n) is 2.06. The van der Waals surface area contributed by atoms with Crippen LogP contribution in [0.1, 0.15) is 39.2 Å². The number of rotatable bonds is 3. The molecule has 0 spiro atoms. The molecule has 1 unspecified atom stereocenters. The highest BCUT2D eigenvalue weighted by Gasteiger charge is 2.37. The van der Waals surface area contributed by atoms with Crippen LogP contribution in [0.2, 0.25) is 0 Å². The SMILES string of the molecule is CC(C)Oc1ccc(C2(C)CCC(=O)O2)cc1. The van der Waals surface area contributed by atoms with Crippen LogP contribution in [0.4, 0.5) is 0 Å². The number of carbonyl (C=O) groups excluding carboxylic acids is 1. The zero-order chi connectivity index (χ0) is 12.5. The van der Waals surface area contributed by atoms with E-state index in [1.54, 1.807) is 0 Å². The van der Waals surface area contributed by atoms with Gasteiger partial charge in [-0.25, -0.2) is 0 Å². The van der Waals surface area contributed by atoms with E-state index in [-0.39, 0.29) is 12.1 Å². The lowest BCUT2D eigenvalue weighted by Gasteiger charge is -2.23. The Morgan fingerprint density at radius 2 is 1.94 bits per heavy atom. The van der Waals surface area contributed by atoms with Crippen LogP contribution in [-0.2, 0) is 15.1 Å². The van der Waals surface area contributed by atoms with Gasteiger partial charge < -0.3 is 9.47 Å². The minimum atomic E-state index is -0.465. The predicted molar refractivity (Wildman–Crippen MR) is 64.9 cm³/mol. The topological polar surface area (TPSA) is 35.5 Å². The molecule has 1 saturated heterocycles. The Balaban J connectivity index is 2.15. The average Bonchev–Trinajstić information content (AvgIpc) is 2.60. The molecule has 0 aliphatic carbocycles. The van der Waals surface area contributed by atoms with E-state index in [0.29, 0.717) is 6.42 Å². The van der Waals surface area contributed by atoms with Gasteiger partial charge in [0.05, 0.1) is 6.10 Å². The standard InChI is InChI=1S/C14H18O3/c1-10(2)16-12-6-4-11(5-7-12)14(3)9-8-13(15)17-14/h4-7,10H,8-9H2,1-3H3. The quantitative estimate of drug-likeness (QED) is 0.754. The summed E-state index contributed by atoms with van der Waals surface area (Å²) < 4.78 is 11.0. The summed E-state index contributed by atoms with van der Waals surface area (Å²) in [5, 5.41) is 0. The first-order valence-electron chi connectivity index (χ1n) is 5.99. The third-order valence-corrected chi connectivity index (χ3v) is 2.98. The van der Waals surface area contributed by atoms with Gasteiger partial charge in [0.1, 0.15) is 11.4 Å². The second-order valence-corrected chi connectivity index (χ2v) is 4.90. The van der Waals surface area contributed by atoms with Crippen LogP contribution in [0.5, 0.6) is 5.75 Å². The van der Waals surface area contributed by atoms with Crippen LogP contribution in [-0.4, -0.2) is 12.1 Å². The van der Waals surface area contributed by atoms with Crippen molar-refractivity contribution in [2.24, 2.45) is 0 Å². The Hall–Kier alpha value is -1.51. The minimum Gasteiger partial charge on any atom is -0.491 e. The summed E-state index contributed by atoms with van der Waals surface area (Å²) in [5.41, 5.74) is 0.562. The molecule has 0 N–H and O–H groups in total. The Bertz CT molecular complexity index is 408. The van der Waals surface area contributed by atoms with Gasteiger partial charge in [-0.3, -0.25) is 4.79 Å². The zero-order valence-electron chi connectivity index (χ0n) is 10.5. The average molecular weight is 234 g/mol. The van der Waals surface area contributed by atoms with Crippen molar-refractivity contribution in [1.82, 2.24) is 0 Å². The van der Waals surface area contributed by atoms with Crippen molar-refractivity contribution >= 4 is 5.97 Å². The van der Waals surface area contributed by atoms with E-state index >= 15 is 0 Å². The molecule has 1 fully saturated rings.